The zero-order valence-electron chi connectivity index (χ0n) is 24.1. The monoisotopic (exact) mass is 667 g/mol. The molecule has 0 amide bonds. The summed E-state index contributed by atoms with van der Waals surface area (Å²) in [5, 5.41) is 0. The van der Waals surface area contributed by atoms with E-state index >= 15 is 0 Å². The van der Waals surface area contributed by atoms with Gasteiger partial charge in [0, 0.05) is 4.52 Å². The van der Waals surface area contributed by atoms with Crippen molar-refractivity contribution in [2.24, 2.45) is 4.52 Å². The highest BCUT2D eigenvalue weighted by atomic mass is 31.3. The Labute approximate surface area is 254 Å². The number of nitrogens with one attached hydrogen (secondary N) is 2. The standard InChI is InChI=1S/C29H31F3N3O6P3/c1-21-9-5-13-25(17-21)38-42(36)33-43(37-4,39-26-14-6-10-22(2)18-26)35-44(34-42,40-27-15-7-11-23(3)19-27)41-28-16-8-12-24(20-28)29(30,31)32/h5-20,34-36H,1-4H3/q+2. The number of halogens is 3. The summed E-state index contributed by atoms with van der Waals surface area (Å²) < 4.78 is 76.5. The molecule has 4 aromatic rings. The highest BCUT2D eigenvalue weighted by Gasteiger charge is 2.72. The molecule has 4 aromatic carbocycles. The first-order valence-corrected chi connectivity index (χ1v) is 18.0. The van der Waals surface area contributed by atoms with E-state index in [9.17, 15) is 18.1 Å². The van der Waals surface area contributed by atoms with Crippen LogP contribution in [-0.4, -0.2) is 12.0 Å². The van der Waals surface area contributed by atoms with E-state index in [1.807, 2.05) is 39.0 Å². The molecule has 1 aliphatic heterocycles. The SMILES string of the molecule is CO[P+]1(Oc2cccc(C)c2)N=P(O)(Oc2cccc(C)c2)N[P+](Oc2cccc(C)c2)(Oc2cccc(C(F)(F)F)c2)N1. The number of aryl methyl sites for hydroxylation is 3. The fourth-order valence-electron chi connectivity index (χ4n) is 4.18. The van der Waals surface area contributed by atoms with Gasteiger partial charge in [0.1, 0.15) is 10.6 Å². The normalized spacial score (nSPS) is 23.4. The van der Waals surface area contributed by atoms with Crippen molar-refractivity contribution in [1.29, 1.82) is 0 Å². The number of rotatable bonds is 9. The van der Waals surface area contributed by atoms with Crippen LogP contribution >= 0.6 is 23.7 Å². The van der Waals surface area contributed by atoms with E-state index in [1.165, 1.54) is 19.2 Å². The minimum absolute atomic E-state index is 0.199. The van der Waals surface area contributed by atoms with E-state index in [4.69, 9.17) is 22.6 Å². The Morgan fingerprint density at radius 3 is 1.70 bits per heavy atom. The van der Waals surface area contributed by atoms with Gasteiger partial charge in [-0.25, -0.2) is 0 Å². The third-order valence-electron chi connectivity index (χ3n) is 6.07. The van der Waals surface area contributed by atoms with Crippen LogP contribution < -0.4 is 27.8 Å². The Morgan fingerprint density at radius 2 is 1.18 bits per heavy atom. The fraction of sp³-hybridized carbons (Fsp3) is 0.172. The molecule has 232 valence electrons. The third kappa shape index (κ3) is 7.89. The first-order valence-electron chi connectivity index (χ1n) is 13.2. The van der Waals surface area contributed by atoms with Gasteiger partial charge in [0.05, 0.1) is 12.7 Å². The quantitative estimate of drug-likeness (QED) is 0.152. The van der Waals surface area contributed by atoms with Crippen LogP contribution in [0.1, 0.15) is 22.3 Å². The first-order chi connectivity index (χ1) is 20.8. The molecule has 44 heavy (non-hydrogen) atoms. The molecule has 15 heteroatoms. The summed E-state index contributed by atoms with van der Waals surface area (Å²) in [6.07, 6.45) is -4.63. The number of alkyl halides is 3. The highest BCUT2D eigenvalue weighted by molar-refractivity contribution is 7.88. The van der Waals surface area contributed by atoms with Crippen LogP contribution in [0.15, 0.2) is 102 Å². The minimum Gasteiger partial charge on any atom is -0.423 e. The zero-order chi connectivity index (χ0) is 31.6. The maximum atomic E-state index is 13.7. The third-order valence-corrected chi connectivity index (χ3v) is 14.5. The van der Waals surface area contributed by atoms with Gasteiger partial charge in [-0.3, -0.25) is 13.6 Å². The van der Waals surface area contributed by atoms with Crippen LogP contribution in [0.5, 0.6) is 23.0 Å². The molecule has 5 rings (SSSR count). The van der Waals surface area contributed by atoms with Gasteiger partial charge < -0.3 is 9.42 Å². The van der Waals surface area contributed by atoms with Crippen LogP contribution in [-0.2, 0) is 10.7 Å². The average molecular weight is 667 g/mol. The first kappa shape index (κ1) is 32.2. The van der Waals surface area contributed by atoms with Crippen LogP contribution in [0, 0.1) is 20.8 Å². The van der Waals surface area contributed by atoms with E-state index in [1.54, 1.807) is 54.6 Å². The van der Waals surface area contributed by atoms with Crippen LogP contribution in [0.4, 0.5) is 13.2 Å². The van der Waals surface area contributed by atoms with Gasteiger partial charge in [-0.1, -0.05) is 42.5 Å². The molecule has 0 saturated carbocycles. The summed E-state index contributed by atoms with van der Waals surface area (Å²) in [7, 11) is -10.6. The molecule has 1 heterocycles. The predicted octanol–water partition coefficient (Wildman–Crippen LogP) is 9.38. The summed E-state index contributed by atoms with van der Waals surface area (Å²) >= 11 is 0. The van der Waals surface area contributed by atoms with E-state index < -0.39 is 35.4 Å². The Balaban J connectivity index is 1.67. The van der Waals surface area contributed by atoms with E-state index in [0.29, 0.717) is 11.5 Å². The molecule has 0 bridgehead atoms. The fourth-order valence-corrected chi connectivity index (χ4v) is 13.4. The lowest BCUT2D eigenvalue weighted by Crippen LogP contribution is -2.39. The van der Waals surface area contributed by atoms with Gasteiger partial charge in [-0.15, -0.1) is 0 Å². The van der Waals surface area contributed by atoms with Crippen molar-refractivity contribution in [3.8, 4) is 23.0 Å². The van der Waals surface area contributed by atoms with E-state index in [0.717, 1.165) is 28.8 Å². The van der Waals surface area contributed by atoms with E-state index in [-0.39, 0.29) is 11.5 Å². The van der Waals surface area contributed by atoms with Crippen molar-refractivity contribution < 1.29 is 40.7 Å². The van der Waals surface area contributed by atoms with E-state index in [2.05, 4.69) is 14.2 Å². The second-order valence-corrected chi connectivity index (χ2v) is 16.6. The van der Waals surface area contributed by atoms with Gasteiger partial charge in [0.25, 0.3) is 0 Å². The molecule has 0 saturated heterocycles. The summed E-state index contributed by atoms with van der Waals surface area (Å²) in [6.45, 7) is 5.57. The van der Waals surface area contributed by atoms with Crippen molar-refractivity contribution in [3.05, 3.63) is 119 Å². The summed E-state index contributed by atoms with van der Waals surface area (Å²) in [6, 6.07) is 25.3. The summed E-state index contributed by atoms with van der Waals surface area (Å²) in [5.41, 5.74) is 1.64. The summed E-state index contributed by atoms with van der Waals surface area (Å²) in [5.74, 6) is 0.721. The van der Waals surface area contributed by atoms with Crippen molar-refractivity contribution in [2.45, 2.75) is 26.9 Å². The van der Waals surface area contributed by atoms with Crippen molar-refractivity contribution in [1.82, 2.24) is 9.72 Å². The molecule has 0 fully saturated rings. The molecule has 0 aliphatic carbocycles. The number of nitrogens with zero attached hydrogens (tertiary/aromatic N) is 1. The van der Waals surface area contributed by atoms with Gasteiger partial charge in [0.2, 0.25) is 0 Å². The Kier molecular flexibility index (Phi) is 9.26. The maximum Gasteiger partial charge on any atom is 0.571 e. The number of hydrogen-bond acceptors (Lipinski definition) is 8. The van der Waals surface area contributed by atoms with Crippen LogP contribution in [0.3, 0.4) is 0 Å². The number of benzene rings is 4. The second-order valence-electron chi connectivity index (χ2n) is 9.93. The Morgan fingerprint density at radius 1 is 0.705 bits per heavy atom. The van der Waals surface area contributed by atoms with Crippen LogP contribution in [0.25, 0.3) is 0 Å². The molecule has 0 spiro atoms. The smallest absolute Gasteiger partial charge is 0.423 e. The lowest BCUT2D eigenvalue weighted by Gasteiger charge is -2.32. The van der Waals surface area contributed by atoms with Crippen molar-refractivity contribution in [2.75, 3.05) is 7.11 Å². The lowest BCUT2D eigenvalue weighted by molar-refractivity contribution is -0.137. The van der Waals surface area contributed by atoms with Gasteiger partial charge in [-0.05, 0) is 96.9 Å². The number of hydrogen-bond donors (Lipinski definition) is 3. The Bertz CT molecular complexity index is 1710. The Hall–Kier alpha value is -3.20. The molecule has 3 N–H and O–H groups in total. The molecule has 0 aromatic heterocycles. The zero-order valence-corrected chi connectivity index (χ0v) is 26.8. The van der Waals surface area contributed by atoms with Crippen LogP contribution in [0.2, 0.25) is 0 Å². The minimum atomic E-state index is -4.63. The molecule has 1 aliphatic rings. The van der Waals surface area contributed by atoms with Crippen molar-refractivity contribution in [3.63, 3.8) is 0 Å². The largest absolute Gasteiger partial charge is 0.571 e. The maximum absolute atomic E-state index is 13.7. The van der Waals surface area contributed by atoms with Gasteiger partial charge in [0.15, 0.2) is 17.2 Å². The molecule has 3 unspecified atom stereocenters. The topological polar surface area (TPSA) is 103 Å². The molecular formula is C29H31F3N3O6P3+2. The summed E-state index contributed by atoms with van der Waals surface area (Å²) in [4.78, 5) is 18.1. The molecule has 9 nitrogen and oxygen atoms in total. The average Bonchev–Trinajstić information content (AvgIpc) is 2.92. The van der Waals surface area contributed by atoms with Gasteiger partial charge >= 0.3 is 29.9 Å². The van der Waals surface area contributed by atoms with Gasteiger partial charge in [-0.2, -0.15) is 17.7 Å². The molecule has 3 atom stereocenters. The second kappa shape index (κ2) is 12.7. The molecule has 0 radical (unpaired) electrons. The predicted molar refractivity (Wildman–Crippen MR) is 166 cm³/mol. The molecular weight excluding hydrogens is 636 g/mol. The lowest BCUT2D eigenvalue weighted by atomic mass is 10.2. The highest BCUT2D eigenvalue weighted by Crippen LogP contribution is 2.79. The van der Waals surface area contributed by atoms with Crippen molar-refractivity contribution >= 4 is 23.7 Å².